The summed E-state index contributed by atoms with van der Waals surface area (Å²) in [4.78, 5) is 11.7. The predicted octanol–water partition coefficient (Wildman–Crippen LogP) is 2.03. The first kappa shape index (κ1) is 15.5. The SMILES string of the molecule is CCOc1ccc(CNC(=O)C(CC)CO)cc1C. The number of benzene rings is 1. The molecule has 0 saturated heterocycles. The van der Waals surface area contributed by atoms with Crippen molar-refractivity contribution in [3.8, 4) is 5.75 Å². The van der Waals surface area contributed by atoms with E-state index in [1.807, 2.05) is 39.0 Å². The molecular formula is C15H23NO3. The molecule has 1 amide bonds. The van der Waals surface area contributed by atoms with E-state index in [1.54, 1.807) is 0 Å². The zero-order chi connectivity index (χ0) is 14.3. The standard InChI is InChI=1S/C15H23NO3/c1-4-13(10-17)15(18)16-9-12-6-7-14(19-5-2)11(3)8-12/h6-8,13,17H,4-5,9-10H2,1-3H3,(H,16,18). The zero-order valence-electron chi connectivity index (χ0n) is 11.9. The van der Waals surface area contributed by atoms with Crippen LogP contribution in [0.1, 0.15) is 31.4 Å². The molecule has 4 heteroatoms. The average molecular weight is 265 g/mol. The van der Waals surface area contributed by atoms with E-state index in [0.717, 1.165) is 16.9 Å². The van der Waals surface area contributed by atoms with Crippen molar-refractivity contribution in [3.63, 3.8) is 0 Å². The van der Waals surface area contributed by atoms with Crippen LogP contribution in [0.4, 0.5) is 0 Å². The fourth-order valence-electron chi connectivity index (χ4n) is 1.87. The fourth-order valence-corrected chi connectivity index (χ4v) is 1.87. The number of nitrogens with one attached hydrogen (secondary N) is 1. The summed E-state index contributed by atoms with van der Waals surface area (Å²) in [7, 11) is 0. The number of hydrogen-bond acceptors (Lipinski definition) is 3. The molecule has 0 aromatic heterocycles. The average Bonchev–Trinajstić information content (AvgIpc) is 2.41. The highest BCUT2D eigenvalue weighted by Crippen LogP contribution is 2.19. The molecule has 1 aromatic rings. The number of aliphatic hydroxyl groups is 1. The van der Waals surface area contributed by atoms with Gasteiger partial charge in [0.05, 0.1) is 19.1 Å². The maximum atomic E-state index is 11.7. The molecule has 0 aliphatic rings. The first-order valence-electron chi connectivity index (χ1n) is 6.73. The van der Waals surface area contributed by atoms with Crippen LogP contribution < -0.4 is 10.1 Å². The number of carbonyl (C=O) groups is 1. The Balaban J connectivity index is 2.58. The van der Waals surface area contributed by atoms with Crippen LogP contribution in [0.3, 0.4) is 0 Å². The molecule has 1 unspecified atom stereocenters. The summed E-state index contributed by atoms with van der Waals surface area (Å²) < 4.78 is 5.47. The second-order valence-electron chi connectivity index (χ2n) is 4.54. The van der Waals surface area contributed by atoms with Crippen LogP contribution in [0.15, 0.2) is 18.2 Å². The van der Waals surface area contributed by atoms with Crippen LogP contribution in [-0.2, 0) is 11.3 Å². The Labute approximate surface area is 114 Å². The summed E-state index contributed by atoms with van der Waals surface area (Å²) in [6.45, 7) is 6.84. The molecule has 0 aliphatic heterocycles. The lowest BCUT2D eigenvalue weighted by molar-refractivity contribution is -0.126. The number of aliphatic hydroxyl groups excluding tert-OH is 1. The molecule has 0 heterocycles. The van der Waals surface area contributed by atoms with Crippen molar-refractivity contribution in [3.05, 3.63) is 29.3 Å². The van der Waals surface area contributed by atoms with Gasteiger partial charge in [0.25, 0.3) is 0 Å². The molecule has 0 saturated carbocycles. The summed E-state index contributed by atoms with van der Waals surface area (Å²) in [5.74, 6) is 0.458. The first-order chi connectivity index (χ1) is 9.12. The number of hydrogen-bond donors (Lipinski definition) is 2. The van der Waals surface area contributed by atoms with Crippen molar-refractivity contribution in [2.45, 2.75) is 33.7 Å². The molecule has 19 heavy (non-hydrogen) atoms. The summed E-state index contributed by atoms with van der Waals surface area (Å²) in [6, 6.07) is 5.87. The molecule has 0 aliphatic carbocycles. The normalized spacial score (nSPS) is 12.0. The second kappa shape index (κ2) is 7.79. The lowest BCUT2D eigenvalue weighted by Gasteiger charge is -2.13. The van der Waals surface area contributed by atoms with Crippen molar-refractivity contribution in [2.75, 3.05) is 13.2 Å². The third-order valence-corrected chi connectivity index (χ3v) is 3.09. The summed E-state index contributed by atoms with van der Waals surface area (Å²) in [5.41, 5.74) is 2.09. The smallest absolute Gasteiger partial charge is 0.225 e. The minimum atomic E-state index is -0.316. The van der Waals surface area contributed by atoms with Gasteiger partial charge in [-0.25, -0.2) is 0 Å². The number of carbonyl (C=O) groups excluding carboxylic acids is 1. The van der Waals surface area contributed by atoms with Gasteiger partial charge in [0, 0.05) is 6.54 Å². The van der Waals surface area contributed by atoms with Crippen LogP contribution >= 0.6 is 0 Å². The van der Waals surface area contributed by atoms with Gasteiger partial charge in [0.15, 0.2) is 0 Å². The number of ether oxygens (including phenoxy) is 1. The molecule has 4 nitrogen and oxygen atoms in total. The third-order valence-electron chi connectivity index (χ3n) is 3.09. The third kappa shape index (κ3) is 4.56. The molecule has 0 radical (unpaired) electrons. The van der Waals surface area contributed by atoms with E-state index in [1.165, 1.54) is 0 Å². The van der Waals surface area contributed by atoms with E-state index < -0.39 is 0 Å². The Morgan fingerprint density at radius 1 is 1.42 bits per heavy atom. The first-order valence-corrected chi connectivity index (χ1v) is 6.73. The van der Waals surface area contributed by atoms with E-state index >= 15 is 0 Å². The largest absolute Gasteiger partial charge is 0.494 e. The van der Waals surface area contributed by atoms with E-state index in [2.05, 4.69) is 5.32 Å². The van der Waals surface area contributed by atoms with Gasteiger partial charge in [0.1, 0.15) is 5.75 Å². The van der Waals surface area contributed by atoms with Gasteiger partial charge in [0.2, 0.25) is 5.91 Å². The minimum absolute atomic E-state index is 0.100. The quantitative estimate of drug-likeness (QED) is 0.793. The number of rotatable bonds is 7. The van der Waals surface area contributed by atoms with E-state index in [9.17, 15) is 4.79 Å². The highest BCUT2D eigenvalue weighted by molar-refractivity contribution is 5.78. The van der Waals surface area contributed by atoms with Crippen molar-refractivity contribution < 1.29 is 14.6 Å². The molecule has 106 valence electrons. The van der Waals surface area contributed by atoms with Crippen LogP contribution in [0.2, 0.25) is 0 Å². The summed E-state index contributed by atoms with van der Waals surface area (Å²) in [6.07, 6.45) is 0.643. The van der Waals surface area contributed by atoms with Crippen LogP contribution in [0, 0.1) is 12.8 Å². The predicted molar refractivity (Wildman–Crippen MR) is 75.1 cm³/mol. The number of aryl methyl sites for hydroxylation is 1. The maximum Gasteiger partial charge on any atom is 0.225 e. The van der Waals surface area contributed by atoms with Gasteiger partial charge in [-0.2, -0.15) is 0 Å². The molecule has 0 fully saturated rings. The van der Waals surface area contributed by atoms with Crippen molar-refractivity contribution >= 4 is 5.91 Å². The number of amides is 1. The maximum absolute atomic E-state index is 11.7. The van der Waals surface area contributed by atoms with E-state index in [0.29, 0.717) is 19.6 Å². The van der Waals surface area contributed by atoms with Crippen molar-refractivity contribution in [2.24, 2.45) is 5.92 Å². The molecule has 0 bridgehead atoms. The Morgan fingerprint density at radius 3 is 2.68 bits per heavy atom. The monoisotopic (exact) mass is 265 g/mol. The van der Waals surface area contributed by atoms with Gasteiger partial charge in [-0.1, -0.05) is 19.1 Å². The second-order valence-corrected chi connectivity index (χ2v) is 4.54. The van der Waals surface area contributed by atoms with Gasteiger partial charge in [-0.15, -0.1) is 0 Å². The van der Waals surface area contributed by atoms with Gasteiger partial charge < -0.3 is 15.2 Å². The van der Waals surface area contributed by atoms with E-state index in [4.69, 9.17) is 9.84 Å². The Kier molecular flexibility index (Phi) is 6.36. The highest BCUT2D eigenvalue weighted by atomic mass is 16.5. The minimum Gasteiger partial charge on any atom is -0.494 e. The van der Waals surface area contributed by atoms with Crippen LogP contribution in [-0.4, -0.2) is 24.2 Å². The fraction of sp³-hybridized carbons (Fsp3) is 0.533. The molecule has 0 spiro atoms. The van der Waals surface area contributed by atoms with Gasteiger partial charge >= 0.3 is 0 Å². The van der Waals surface area contributed by atoms with Crippen molar-refractivity contribution in [1.82, 2.24) is 5.32 Å². The van der Waals surface area contributed by atoms with Gasteiger partial charge in [-0.05, 0) is 37.5 Å². The Morgan fingerprint density at radius 2 is 2.16 bits per heavy atom. The Hall–Kier alpha value is -1.55. The summed E-state index contributed by atoms with van der Waals surface area (Å²) >= 11 is 0. The highest BCUT2D eigenvalue weighted by Gasteiger charge is 2.14. The lowest BCUT2D eigenvalue weighted by atomic mass is 10.1. The molecule has 2 N–H and O–H groups in total. The van der Waals surface area contributed by atoms with Crippen LogP contribution in [0.5, 0.6) is 5.75 Å². The summed E-state index contributed by atoms with van der Waals surface area (Å²) in [5, 5.41) is 11.9. The van der Waals surface area contributed by atoms with Crippen molar-refractivity contribution in [1.29, 1.82) is 0 Å². The molecule has 1 rings (SSSR count). The molecule has 1 atom stereocenters. The topological polar surface area (TPSA) is 58.6 Å². The zero-order valence-corrected chi connectivity index (χ0v) is 11.9. The Bertz CT molecular complexity index is 414. The molecule has 1 aromatic carbocycles. The van der Waals surface area contributed by atoms with E-state index in [-0.39, 0.29) is 18.4 Å². The van der Waals surface area contributed by atoms with Crippen LogP contribution in [0.25, 0.3) is 0 Å². The van der Waals surface area contributed by atoms with Gasteiger partial charge in [-0.3, -0.25) is 4.79 Å². The molecular weight excluding hydrogens is 242 g/mol. The lowest BCUT2D eigenvalue weighted by Crippen LogP contribution is -2.31.